The van der Waals surface area contributed by atoms with Gasteiger partial charge in [0.1, 0.15) is 11.4 Å². The Morgan fingerprint density at radius 2 is 2.12 bits per heavy atom. The fourth-order valence-electron chi connectivity index (χ4n) is 3.77. The summed E-state index contributed by atoms with van der Waals surface area (Å²) in [7, 11) is 0. The number of fused-ring (bicyclic) bond motifs is 4. The van der Waals surface area contributed by atoms with E-state index in [-0.39, 0.29) is 6.04 Å². The zero-order chi connectivity index (χ0) is 17.0. The molecule has 0 radical (unpaired) electrons. The van der Waals surface area contributed by atoms with E-state index in [9.17, 15) is 9.50 Å². The molecule has 0 aliphatic carbocycles. The third-order valence-corrected chi connectivity index (χ3v) is 4.97. The van der Waals surface area contributed by atoms with E-state index in [1.165, 1.54) is 12.3 Å². The van der Waals surface area contributed by atoms with E-state index in [0.717, 1.165) is 22.2 Å². The minimum atomic E-state index is -0.925. The van der Waals surface area contributed by atoms with Crippen molar-refractivity contribution in [2.75, 3.05) is 0 Å². The third-order valence-electron chi connectivity index (χ3n) is 4.97. The molecule has 4 nitrogen and oxygen atoms in total. The van der Waals surface area contributed by atoms with Crippen molar-refractivity contribution in [2.24, 2.45) is 0 Å². The van der Waals surface area contributed by atoms with Gasteiger partial charge in [0.05, 0.1) is 36.6 Å². The van der Waals surface area contributed by atoms with Gasteiger partial charge in [-0.1, -0.05) is 24.3 Å². The molecule has 4 aromatic rings. The molecule has 0 saturated heterocycles. The summed E-state index contributed by atoms with van der Waals surface area (Å²) in [4.78, 5) is 4.22. The van der Waals surface area contributed by atoms with E-state index >= 15 is 0 Å². The highest BCUT2D eigenvalue weighted by Gasteiger charge is 2.30. The fourth-order valence-corrected chi connectivity index (χ4v) is 3.77. The molecule has 0 bridgehead atoms. The zero-order valence-electron chi connectivity index (χ0n) is 13.3. The summed E-state index contributed by atoms with van der Waals surface area (Å²) in [6.07, 6.45) is 4.56. The number of furan rings is 1. The minimum absolute atomic E-state index is 0.0665. The molecule has 2 aromatic carbocycles. The minimum Gasteiger partial charge on any atom is -0.464 e. The van der Waals surface area contributed by atoms with Crippen molar-refractivity contribution in [1.82, 2.24) is 9.55 Å². The topological polar surface area (TPSA) is 51.2 Å². The first-order valence-corrected chi connectivity index (χ1v) is 8.18. The van der Waals surface area contributed by atoms with Gasteiger partial charge in [0.15, 0.2) is 0 Å². The van der Waals surface area contributed by atoms with E-state index in [2.05, 4.69) is 11.1 Å². The molecule has 3 heterocycles. The Morgan fingerprint density at radius 1 is 1.24 bits per heavy atom. The molecule has 0 fully saturated rings. The van der Waals surface area contributed by atoms with Gasteiger partial charge in [-0.15, -0.1) is 0 Å². The highest BCUT2D eigenvalue weighted by molar-refractivity contribution is 5.78. The maximum absolute atomic E-state index is 14.4. The molecule has 0 spiro atoms. The van der Waals surface area contributed by atoms with Crippen molar-refractivity contribution in [1.29, 1.82) is 0 Å². The molecular weight excluding hydrogens is 319 g/mol. The summed E-state index contributed by atoms with van der Waals surface area (Å²) in [6.45, 7) is 0. The van der Waals surface area contributed by atoms with Crippen LogP contribution in [0.25, 0.3) is 22.2 Å². The summed E-state index contributed by atoms with van der Waals surface area (Å²) in [5.74, 6) is -0.452. The average molecular weight is 334 g/mol. The van der Waals surface area contributed by atoms with Gasteiger partial charge < -0.3 is 14.1 Å². The first-order valence-electron chi connectivity index (χ1n) is 8.18. The van der Waals surface area contributed by atoms with Crippen LogP contribution in [-0.2, 0) is 0 Å². The van der Waals surface area contributed by atoms with Crippen molar-refractivity contribution in [3.05, 3.63) is 78.2 Å². The average Bonchev–Trinajstić information content (AvgIpc) is 3.31. The molecule has 1 N–H and O–H groups in total. The van der Waals surface area contributed by atoms with Crippen molar-refractivity contribution < 1.29 is 13.9 Å². The van der Waals surface area contributed by atoms with E-state index < -0.39 is 11.9 Å². The summed E-state index contributed by atoms with van der Waals surface area (Å²) >= 11 is 0. The van der Waals surface area contributed by atoms with Gasteiger partial charge in [0.2, 0.25) is 0 Å². The number of hydrogen-bond acceptors (Lipinski definition) is 3. The standard InChI is InChI=1S/C20H15FN2O2/c21-16-8-20-12(5-6-25-20)7-15(16)19(24)9-17-13-3-1-2-4-14(13)18-10-22-11-23(17)18/h1-8,10-11,17,19,24H,9H2/t17-,19+/m0/s1. The normalized spacial score (nSPS) is 16.8. The number of aliphatic hydroxyl groups excluding tert-OH is 1. The lowest BCUT2D eigenvalue weighted by Gasteiger charge is -2.19. The molecule has 1 aliphatic heterocycles. The number of benzene rings is 2. The van der Waals surface area contributed by atoms with Crippen molar-refractivity contribution in [3.8, 4) is 11.3 Å². The zero-order valence-corrected chi connectivity index (χ0v) is 13.3. The van der Waals surface area contributed by atoms with Crippen LogP contribution in [0.15, 0.2) is 65.7 Å². The van der Waals surface area contributed by atoms with Crippen LogP contribution in [0.2, 0.25) is 0 Å². The SMILES string of the molecule is O[C@H](C[C@H]1c2ccccc2-c2cncn21)c1cc2ccoc2cc1F. The summed E-state index contributed by atoms with van der Waals surface area (Å²) in [5.41, 5.74) is 4.04. The Labute approximate surface area is 143 Å². The van der Waals surface area contributed by atoms with Crippen LogP contribution in [0.5, 0.6) is 0 Å². The summed E-state index contributed by atoms with van der Waals surface area (Å²) < 4.78 is 21.7. The quantitative estimate of drug-likeness (QED) is 0.602. The van der Waals surface area contributed by atoms with Crippen LogP contribution in [-0.4, -0.2) is 14.7 Å². The monoisotopic (exact) mass is 334 g/mol. The van der Waals surface area contributed by atoms with E-state index in [1.54, 1.807) is 18.5 Å². The van der Waals surface area contributed by atoms with Crippen molar-refractivity contribution >= 4 is 11.0 Å². The summed E-state index contributed by atoms with van der Waals surface area (Å²) in [6, 6.07) is 12.8. The first kappa shape index (κ1) is 14.4. The van der Waals surface area contributed by atoms with Crippen LogP contribution in [0, 0.1) is 5.82 Å². The van der Waals surface area contributed by atoms with Gasteiger partial charge in [0, 0.05) is 29.0 Å². The van der Waals surface area contributed by atoms with Crippen LogP contribution < -0.4 is 0 Å². The second-order valence-electron chi connectivity index (χ2n) is 6.37. The van der Waals surface area contributed by atoms with Gasteiger partial charge in [-0.2, -0.15) is 0 Å². The Kier molecular flexibility index (Phi) is 3.05. The molecule has 1 aliphatic rings. The van der Waals surface area contributed by atoms with Gasteiger partial charge in [-0.3, -0.25) is 0 Å². The molecule has 2 atom stereocenters. The fraction of sp³-hybridized carbons (Fsp3) is 0.150. The van der Waals surface area contributed by atoms with E-state index in [4.69, 9.17) is 4.42 Å². The van der Waals surface area contributed by atoms with Gasteiger partial charge in [-0.25, -0.2) is 9.37 Å². The number of hydrogen-bond donors (Lipinski definition) is 1. The van der Waals surface area contributed by atoms with Crippen LogP contribution in [0.1, 0.15) is 29.7 Å². The molecule has 0 unspecified atom stereocenters. The Morgan fingerprint density at radius 3 is 3.04 bits per heavy atom. The number of imidazole rings is 1. The molecule has 25 heavy (non-hydrogen) atoms. The highest BCUT2D eigenvalue weighted by atomic mass is 19.1. The Hall–Kier alpha value is -2.92. The number of halogens is 1. The Balaban J connectivity index is 1.53. The van der Waals surface area contributed by atoms with Gasteiger partial charge >= 0.3 is 0 Å². The number of rotatable bonds is 3. The van der Waals surface area contributed by atoms with Crippen LogP contribution in [0.3, 0.4) is 0 Å². The molecule has 124 valence electrons. The predicted octanol–water partition coefficient (Wildman–Crippen LogP) is 4.46. The van der Waals surface area contributed by atoms with Crippen LogP contribution >= 0.6 is 0 Å². The lowest BCUT2D eigenvalue weighted by atomic mass is 9.95. The third kappa shape index (κ3) is 2.13. The van der Waals surface area contributed by atoms with Gasteiger partial charge in [-0.05, 0) is 17.7 Å². The molecule has 0 amide bonds. The molecule has 0 saturated carbocycles. The highest BCUT2D eigenvalue weighted by Crippen LogP contribution is 2.43. The van der Waals surface area contributed by atoms with Gasteiger partial charge in [0.25, 0.3) is 0 Å². The number of aliphatic hydroxyl groups is 1. The second kappa shape index (κ2) is 5.29. The number of nitrogens with zero attached hydrogens (tertiary/aromatic N) is 2. The molecule has 5 rings (SSSR count). The molecule has 2 aromatic heterocycles. The molecule has 5 heteroatoms. The maximum Gasteiger partial charge on any atom is 0.136 e. The number of aromatic nitrogens is 2. The van der Waals surface area contributed by atoms with Crippen molar-refractivity contribution in [3.63, 3.8) is 0 Å². The Bertz CT molecular complexity index is 1080. The predicted molar refractivity (Wildman–Crippen MR) is 91.6 cm³/mol. The smallest absolute Gasteiger partial charge is 0.136 e. The molecular formula is C20H15FN2O2. The lowest BCUT2D eigenvalue weighted by molar-refractivity contribution is 0.149. The lowest BCUT2D eigenvalue weighted by Crippen LogP contribution is -2.11. The second-order valence-corrected chi connectivity index (χ2v) is 6.37. The van der Waals surface area contributed by atoms with E-state index in [1.807, 2.05) is 29.0 Å². The van der Waals surface area contributed by atoms with Crippen molar-refractivity contribution in [2.45, 2.75) is 18.6 Å². The largest absolute Gasteiger partial charge is 0.464 e. The maximum atomic E-state index is 14.4. The van der Waals surface area contributed by atoms with Crippen LogP contribution in [0.4, 0.5) is 4.39 Å². The summed E-state index contributed by atoms with van der Waals surface area (Å²) in [5, 5.41) is 11.5. The first-order chi connectivity index (χ1) is 12.2. The van der Waals surface area contributed by atoms with E-state index in [0.29, 0.717) is 17.6 Å².